The average molecular weight is 291 g/mol. The predicted molar refractivity (Wildman–Crippen MR) is 79.4 cm³/mol. The molecule has 1 fully saturated rings. The lowest BCUT2D eigenvalue weighted by Crippen LogP contribution is -2.33. The van der Waals surface area contributed by atoms with E-state index in [9.17, 15) is 14.9 Å². The average Bonchev–Trinajstić information content (AvgIpc) is 2.53. The number of rotatable bonds is 5. The molecule has 1 aliphatic rings. The Morgan fingerprint density at radius 2 is 2.05 bits per heavy atom. The molecule has 0 atom stereocenters. The maximum atomic E-state index is 12.1. The van der Waals surface area contributed by atoms with E-state index in [1.54, 1.807) is 12.1 Å². The second-order valence-corrected chi connectivity index (χ2v) is 5.60. The zero-order chi connectivity index (χ0) is 15.2. The molecule has 0 spiro atoms. The van der Waals surface area contributed by atoms with Gasteiger partial charge in [-0.3, -0.25) is 14.9 Å². The second kappa shape index (κ2) is 7.17. The van der Waals surface area contributed by atoms with Crippen molar-refractivity contribution >= 4 is 11.6 Å². The van der Waals surface area contributed by atoms with E-state index in [0.717, 1.165) is 31.2 Å². The van der Waals surface area contributed by atoms with E-state index in [4.69, 9.17) is 5.73 Å². The van der Waals surface area contributed by atoms with Crippen molar-refractivity contribution in [2.75, 3.05) is 6.54 Å². The van der Waals surface area contributed by atoms with Crippen LogP contribution in [0.4, 0.5) is 5.69 Å². The summed E-state index contributed by atoms with van der Waals surface area (Å²) in [5.41, 5.74) is 6.43. The number of nitrogens with one attached hydrogen (secondary N) is 1. The lowest BCUT2D eigenvalue weighted by Gasteiger charge is -2.26. The fourth-order valence-corrected chi connectivity index (χ4v) is 2.77. The van der Waals surface area contributed by atoms with Crippen molar-refractivity contribution in [2.24, 2.45) is 17.6 Å². The number of nitro benzene ring substituents is 1. The van der Waals surface area contributed by atoms with Crippen LogP contribution in [0.25, 0.3) is 0 Å². The van der Waals surface area contributed by atoms with Gasteiger partial charge in [-0.25, -0.2) is 0 Å². The highest BCUT2D eigenvalue weighted by molar-refractivity contribution is 5.78. The summed E-state index contributed by atoms with van der Waals surface area (Å²) in [5, 5.41) is 13.6. The van der Waals surface area contributed by atoms with Crippen LogP contribution in [0.5, 0.6) is 0 Å². The van der Waals surface area contributed by atoms with Crippen LogP contribution in [0.1, 0.15) is 31.2 Å². The molecule has 0 aromatic heterocycles. The summed E-state index contributed by atoms with van der Waals surface area (Å²) in [4.78, 5) is 22.4. The molecule has 0 saturated heterocycles. The molecule has 0 radical (unpaired) electrons. The van der Waals surface area contributed by atoms with Gasteiger partial charge < -0.3 is 11.1 Å². The molecule has 1 aromatic rings. The number of nitro groups is 1. The van der Waals surface area contributed by atoms with Gasteiger partial charge in [-0.05, 0) is 43.7 Å². The quantitative estimate of drug-likeness (QED) is 0.640. The van der Waals surface area contributed by atoms with Crippen LogP contribution in [0, 0.1) is 22.0 Å². The van der Waals surface area contributed by atoms with Crippen molar-refractivity contribution in [1.82, 2.24) is 5.32 Å². The molecule has 1 amide bonds. The number of carbonyl (C=O) groups is 1. The normalized spacial score (nSPS) is 21.8. The number of hydrogen-bond acceptors (Lipinski definition) is 4. The van der Waals surface area contributed by atoms with Gasteiger partial charge in [0.05, 0.1) is 4.92 Å². The van der Waals surface area contributed by atoms with Crippen molar-refractivity contribution in [3.63, 3.8) is 0 Å². The molecular weight excluding hydrogens is 270 g/mol. The highest BCUT2D eigenvalue weighted by Crippen LogP contribution is 2.28. The largest absolute Gasteiger partial charge is 0.352 e. The molecule has 6 heteroatoms. The first-order valence-electron chi connectivity index (χ1n) is 7.31. The summed E-state index contributed by atoms with van der Waals surface area (Å²) < 4.78 is 0. The Balaban J connectivity index is 1.84. The first-order valence-corrected chi connectivity index (χ1v) is 7.31. The first-order chi connectivity index (χ1) is 10.1. The molecule has 1 saturated carbocycles. The number of carbonyl (C=O) groups excluding carboxylic acids is 1. The van der Waals surface area contributed by atoms with Crippen LogP contribution < -0.4 is 11.1 Å². The number of benzene rings is 1. The minimum Gasteiger partial charge on any atom is -0.352 e. The van der Waals surface area contributed by atoms with Gasteiger partial charge in [0.15, 0.2) is 0 Å². The molecule has 1 aromatic carbocycles. The zero-order valence-electron chi connectivity index (χ0n) is 12.0. The van der Waals surface area contributed by atoms with Gasteiger partial charge in [0.2, 0.25) is 5.91 Å². The molecule has 2 rings (SSSR count). The first kappa shape index (κ1) is 15.4. The van der Waals surface area contributed by atoms with Crippen LogP contribution in [0.3, 0.4) is 0 Å². The topological polar surface area (TPSA) is 98.3 Å². The minimum absolute atomic E-state index is 0.0389. The lowest BCUT2D eigenvalue weighted by molar-refractivity contribution is -0.384. The van der Waals surface area contributed by atoms with Gasteiger partial charge in [0.25, 0.3) is 5.69 Å². The van der Waals surface area contributed by atoms with E-state index < -0.39 is 4.92 Å². The van der Waals surface area contributed by atoms with Gasteiger partial charge in [-0.1, -0.05) is 12.1 Å². The molecule has 6 nitrogen and oxygen atoms in total. The van der Waals surface area contributed by atoms with Crippen molar-refractivity contribution in [3.8, 4) is 0 Å². The summed E-state index contributed by atoms with van der Waals surface area (Å²) >= 11 is 0. The Bertz CT molecular complexity index is 511. The summed E-state index contributed by atoms with van der Waals surface area (Å²) in [6.07, 6.45) is 3.77. The SMILES string of the molecule is NCC1CCC(C(=O)NCc2cccc([N+](=O)[O-])c2)CC1. The summed E-state index contributed by atoms with van der Waals surface area (Å²) in [7, 11) is 0. The predicted octanol–water partition coefficient (Wildman–Crippen LogP) is 1.98. The Hall–Kier alpha value is -1.95. The smallest absolute Gasteiger partial charge is 0.269 e. The molecule has 21 heavy (non-hydrogen) atoms. The summed E-state index contributed by atoms with van der Waals surface area (Å²) in [6, 6.07) is 6.34. The van der Waals surface area contributed by atoms with Crippen LogP contribution in [-0.4, -0.2) is 17.4 Å². The van der Waals surface area contributed by atoms with Gasteiger partial charge in [0.1, 0.15) is 0 Å². The molecule has 1 aliphatic carbocycles. The van der Waals surface area contributed by atoms with Gasteiger partial charge in [-0.15, -0.1) is 0 Å². The third kappa shape index (κ3) is 4.26. The fourth-order valence-electron chi connectivity index (χ4n) is 2.77. The van der Waals surface area contributed by atoms with E-state index in [1.807, 2.05) is 0 Å². The fraction of sp³-hybridized carbons (Fsp3) is 0.533. The Kier molecular flexibility index (Phi) is 5.27. The monoisotopic (exact) mass is 291 g/mol. The number of nitrogens with two attached hydrogens (primary N) is 1. The molecule has 0 heterocycles. The molecule has 114 valence electrons. The lowest BCUT2D eigenvalue weighted by atomic mass is 9.81. The van der Waals surface area contributed by atoms with E-state index in [1.165, 1.54) is 12.1 Å². The number of hydrogen-bond donors (Lipinski definition) is 2. The Morgan fingerprint density at radius 3 is 2.67 bits per heavy atom. The molecule has 0 bridgehead atoms. The van der Waals surface area contributed by atoms with E-state index in [0.29, 0.717) is 19.0 Å². The van der Waals surface area contributed by atoms with E-state index in [2.05, 4.69) is 5.32 Å². The van der Waals surface area contributed by atoms with Crippen molar-refractivity contribution < 1.29 is 9.72 Å². The highest BCUT2D eigenvalue weighted by atomic mass is 16.6. The van der Waals surface area contributed by atoms with Crippen molar-refractivity contribution in [1.29, 1.82) is 0 Å². The number of nitrogens with zero attached hydrogens (tertiary/aromatic N) is 1. The minimum atomic E-state index is -0.431. The van der Waals surface area contributed by atoms with E-state index >= 15 is 0 Å². The third-order valence-electron chi connectivity index (χ3n) is 4.14. The standard InChI is InChI=1S/C15H21N3O3/c16-9-11-4-6-13(7-5-11)15(19)17-10-12-2-1-3-14(8-12)18(20)21/h1-3,8,11,13H,4-7,9-10,16H2,(H,17,19). The Morgan fingerprint density at radius 1 is 1.33 bits per heavy atom. The van der Waals surface area contributed by atoms with Crippen LogP contribution in [-0.2, 0) is 11.3 Å². The van der Waals surface area contributed by atoms with Crippen LogP contribution >= 0.6 is 0 Å². The van der Waals surface area contributed by atoms with Gasteiger partial charge in [-0.2, -0.15) is 0 Å². The second-order valence-electron chi connectivity index (χ2n) is 5.60. The van der Waals surface area contributed by atoms with Gasteiger partial charge in [0, 0.05) is 24.6 Å². The van der Waals surface area contributed by atoms with E-state index in [-0.39, 0.29) is 17.5 Å². The maximum absolute atomic E-state index is 12.1. The molecular formula is C15H21N3O3. The molecule has 0 unspecified atom stereocenters. The van der Waals surface area contributed by atoms with Gasteiger partial charge >= 0.3 is 0 Å². The van der Waals surface area contributed by atoms with Crippen molar-refractivity contribution in [2.45, 2.75) is 32.2 Å². The molecule has 3 N–H and O–H groups in total. The van der Waals surface area contributed by atoms with Crippen LogP contribution in [0.15, 0.2) is 24.3 Å². The van der Waals surface area contributed by atoms with Crippen LogP contribution in [0.2, 0.25) is 0 Å². The number of amides is 1. The summed E-state index contributed by atoms with van der Waals surface area (Å²) in [5.74, 6) is 0.634. The van der Waals surface area contributed by atoms with Crippen molar-refractivity contribution in [3.05, 3.63) is 39.9 Å². The zero-order valence-corrected chi connectivity index (χ0v) is 12.0. The third-order valence-corrected chi connectivity index (χ3v) is 4.14. The molecule has 0 aliphatic heterocycles. The Labute approximate surface area is 123 Å². The summed E-state index contributed by atoms with van der Waals surface area (Å²) in [6.45, 7) is 1.03. The number of non-ortho nitro benzene ring substituents is 1. The maximum Gasteiger partial charge on any atom is 0.269 e. The highest BCUT2D eigenvalue weighted by Gasteiger charge is 2.25.